The molecular formula is C17H10ClFN6OS. The van der Waals surface area contributed by atoms with E-state index in [0.717, 1.165) is 11.8 Å². The van der Waals surface area contributed by atoms with Crippen LogP contribution in [0.4, 0.5) is 10.2 Å². The first-order valence-corrected chi connectivity index (χ1v) is 9.04. The Morgan fingerprint density at radius 3 is 3.11 bits per heavy atom. The molecule has 0 aliphatic rings. The number of rotatable bonds is 5. The number of benzene rings is 1. The highest BCUT2D eigenvalue weighted by Crippen LogP contribution is 2.42. The van der Waals surface area contributed by atoms with Crippen LogP contribution in [0.15, 0.2) is 35.5 Å². The SMILES string of the molecule is N#CCSc1c(F)c(Cl)c(-c2ccn3nc(NC=O)cc3c2)c2cn[nH]c12. The zero-order valence-corrected chi connectivity index (χ0v) is 15.1. The Morgan fingerprint density at radius 1 is 1.48 bits per heavy atom. The number of nitrogens with zero attached hydrogens (tertiary/aromatic N) is 4. The van der Waals surface area contributed by atoms with Crippen LogP contribution >= 0.6 is 23.4 Å². The van der Waals surface area contributed by atoms with Crippen LogP contribution in [-0.4, -0.2) is 32.0 Å². The lowest BCUT2D eigenvalue weighted by Crippen LogP contribution is -1.95. The zero-order chi connectivity index (χ0) is 19.0. The van der Waals surface area contributed by atoms with Crippen LogP contribution in [0.25, 0.3) is 27.5 Å². The third-order valence-corrected chi connectivity index (χ3v) is 5.29. The predicted molar refractivity (Wildman–Crippen MR) is 101 cm³/mol. The summed E-state index contributed by atoms with van der Waals surface area (Å²) in [7, 11) is 0. The lowest BCUT2D eigenvalue weighted by atomic mass is 10.0. The van der Waals surface area contributed by atoms with Gasteiger partial charge < -0.3 is 5.32 Å². The van der Waals surface area contributed by atoms with Gasteiger partial charge in [0, 0.05) is 23.2 Å². The number of carbonyl (C=O) groups is 1. The highest BCUT2D eigenvalue weighted by atomic mass is 35.5. The van der Waals surface area contributed by atoms with Crippen LogP contribution in [0.5, 0.6) is 0 Å². The van der Waals surface area contributed by atoms with Crippen LogP contribution in [-0.2, 0) is 4.79 Å². The number of carbonyl (C=O) groups excluding carboxylic acids is 1. The van der Waals surface area contributed by atoms with E-state index in [2.05, 4.69) is 20.6 Å². The summed E-state index contributed by atoms with van der Waals surface area (Å²) in [5, 5.41) is 22.9. The zero-order valence-electron chi connectivity index (χ0n) is 13.5. The van der Waals surface area contributed by atoms with Crippen molar-refractivity contribution >= 4 is 52.0 Å². The first kappa shape index (κ1) is 17.3. The number of aromatic nitrogens is 4. The van der Waals surface area contributed by atoms with E-state index in [4.69, 9.17) is 16.9 Å². The molecule has 0 saturated carbocycles. The molecule has 4 aromatic rings. The molecule has 3 heterocycles. The van der Waals surface area contributed by atoms with Crippen molar-refractivity contribution in [2.75, 3.05) is 11.1 Å². The first-order valence-electron chi connectivity index (χ1n) is 7.67. The van der Waals surface area contributed by atoms with Crippen molar-refractivity contribution in [1.82, 2.24) is 19.8 Å². The summed E-state index contributed by atoms with van der Waals surface area (Å²) in [6, 6.07) is 7.20. The average Bonchev–Trinajstić information content (AvgIpc) is 3.28. The van der Waals surface area contributed by atoms with Gasteiger partial charge in [0.25, 0.3) is 0 Å². The van der Waals surface area contributed by atoms with Crippen molar-refractivity contribution < 1.29 is 9.18 Å². The Morgan fingerprint density at radius 2 is 2.33 bits per heavy atom. The van der Waals surface area contributed by atoms with E-state index >= 15 is 0 Å². The number of aromatic amines is 1. The summed E-state index contributed by atoms with van der Waals surface area (Å²) in [6.45, 7) is 0. The van der Waals surface area contributed by atoms with E-state index < -0.39 is 5.82 Å². The lowest BCUT2D eigenvalue weighted by molar-refractivity contribution is -0.105. The number of thioether (sulfide) groups is 1. The number of nitriles is 1. The second-order valence-electron chi connectivity index (χ2n) is 5.51. The van der Waals surface area contributed by atoms with E-state index in [1.165, 1.54) is 0 Å². The Labute approximate surface area is 161 Å². The molecule has 0 aliphatic carbocycles. The first-order chi connectivity index (χ1) is 13.1. The van der Waals surface area contributed by atoms with Crippen LogP contribution in [0.2, 0.25) is 5.02 Å². The maximum Gasteiger partial charge on any atom is 0.212 e. The molecule has 10 heteroatoms. The van der Waals surface area contributed by atoms with Crippen LogP contribution < -0.4 is 5.32 Å². The molecule has 0 atom stereocenters. The van der Waals surface area contributed by atoms with Gasteiger partial charge in [0.15, 0.2) is 11.6 Å². The Kier molecular flexibility index (Phi) is 4.43. The Balaban J connectivity index is 1.92. The third kappa shape index (κ3) is 2.89. The van der Waals surface area contributed by atoms with E-state index in [1.54, 1.807) is 35.1 Å². The molecule has 3 aromatic heterocycles. The molecule has 134 valence electrons. The molecule has 27 heavy (non-hydrogen) atoms. The second-order valence-corrected chi connectivity index (χ2v) is 6.88. The van der Waals surface area contributed by atoms with Gasteiger partial charge in [0.2, 0.25) is 6.41 Å². The number of fused-ring (bicyclic) bond motifs is 2. The monoisotopic (exact) mass is 400 g/mol. The average molecular weight is 401 g/mol. The number of pyridine rings is 1. The van der Waals surface area contributed by atoms with Crippen molar-refractivity contribution in [2.45, 2.75) is 4.90 Å². The maximum atomic E-state index is 14.9. The maximum absolute atomic E-state index is 14.9. The molecule has 0 fully saturated rings. The van der Waals surface area contributed by atoms with Crippen molar-refractivity contribution in [3.8, 4) is 17.2 Å². The lowest BCUT2D eigenvalue weighted by Gasteiger charge is -2.11. The fourth-order valence-corrected chi connectivity index (χ4v) is 3.99. The summed E-state index contributed by atoms with van der Waals surface area (Å²) in [6.07, 6.45) is 3.81. The molecule has 0 saturated heterocycles. The molecule has 0 spiro atoms. The highest BCUT2D eigenvalue weighted by Gasteiger charge is 2.21. The summed E-state index contributed by atoms with van der Waals surface area (Å²) in [4.78, 5) is 10.9. The van der Waals surface area contributed by atoms with Gasteiger partial charge in [-0.1, -0.05) is 11.6 Å². The summed E-state index contributed by atoms with van der Waals surface area (Å²) in [5.74, 6) is -0.105. The molecule has 0 aliphatic heterocycles. The number of nitrogens with one attached hydrogen (secondary N) is 2. The minimum absolute atomic E-state index is 0.0422. The fourth-order valence-electron chi connectivity index (χ4n) is 2.89. The quantitative estimate of drug-likeness (QED) is 0.391. The molecule has 1 amide bonds. The third-order valence-electron chi connectivity index (χ3n) is 3.99. The molecule has 0 unspecified atom stereocenters. The molecule has 1 aromatic carbocycles. The van der Waals surface area contributed by atoms with E-state index in [9.17, 15) is 9.18 Å². The van der Waals surface area contributed by atoms with Crippen molar-refractivity contribution in [2.24, 2.45) is 0 Å². The second kappa shape index (κ2) is 6.90. The standard InChI is InChI=1S/C17H10ClFN6OS/c18-14-13(9-1-3-25-10(5-9)6-12(24-25)21-8-26)11-7-22-23-16(11)17(15(14)19)27-4-2-20/h1,3,5-8H,4H2,(H,22,23)(H,21,24,26). The topological polar surface area (TPSA) is 98.9 Å². The molecule has 2 N–H and O–H groups in total. The minimum Gasteiger partial charge on any atom is -0.312 e. The molecule has 0 radical (unpaired) electrons. The van der Waals surface area contributed by atoms with Crippen LogP contribution in [0.3, 0.4) is 0 Å². The number of halogens is 2. The normalized spacial score (nSPS) is 11.0. The van der Waals surface area contributed by atoms with Gasteiger partial charge in [-0.2, -0.15) is 15.5 Å². The largest absolute Gasteiger partial charge is 0.312 e. The number of H-pyrrole nitrogens is 1. The van der Waals surface area contributed by atoms with E-state index in [1.807, 2.05) is 6.07 Å². The number of amides is 1. The van der Waals surface area contributed by atoms with Gasteiger partial charge >= 0.3 is 0 Å². The van der Waals surface area contributed by atoms with Gasteiger partial charge in [-0.3, -0.25) is 9.89 Å². The van der Waals surface area contributed by atoms with E-state index in [0.29, 0.717) is 39.8 Å². The number of hydrogen-bond donors (Lipinski definition) is 2. The Bertz CT molecular complexity index is 1230. The smallest absolute Gasteiger partial charge is 0.212 e. The minimum atomic E-state index is -0.597. The number of anilines is 1. The molecule has 7 nitrogen and oxygen atoms in total. The van der Waals surface area contributed by atoms with Gasteiger partial charge in [-0.25, -0.2) is 8.91 Å². The Hall–Kier alpha value is -3.09. The summed E-state index contributed by atoms with van der Waals surface area (Å²) < 4.78 is 16.5. The van der Waals surface area contributed by atoms with Crippen LogP contribution in [0.1, 0.15) is 0 Å². The van der Waals surface area contributed by atoms with Crippen molar-refractivity contribution in [3.63, 3.8) is 0 Å². The molecule has 4 rings (SSSR count). The van der Waals surface area contributed by atoms with E-state index in [-0.39, 0.29) is 15.7 Å². The van der Waals surface area contributed by atoms with Gasteiger partial charge in [-0.15, -0.1) is 11.8 Å². The number of hydrogen-bond acceptors (Lipinski definition) is 5. The van der Waals surface area contributed by atoms with Crippen molar-refractivity contribution in [3.05, 3.63) is 41.4 Å². The molecule has 0 bridgehead atoms. The highest BCUT2D eigenvalue weighted by molar-refractivity contribution is 7.99. The predicted octanol–water partition coefficient (Wildman–Crippen LogP) is 3.85. The van der Waals surface area contributed by atoms with Crippen molar-refractivity contribution in [1.29, 1.82) is 5.26 Å². The van der Waals surface area contributed by atoms with Crippen LogP contribution in [0, 0.1) is 17.1 Å². The summed E-state index contributed by atoms with van der Waals surface area (Å²) >= 11 is 7.42. The fraction of sp³-hybridized carbons (Fsp3) is 0.0588. The van der Waals surface area contributed by atoms with Gasteiger partial charge in [0.05, 0.1) is 39.0 Å². The van der Waals surface area contributed by atoms with Gasteiger partial charge in [0.1, 0.15) is 0 Å². The van der Waals surface area contributed by atoms with Gasteiger partial charge in [-0.05, 0) is 17.7 Å². The molecular weight excluding hydrogens is 391 g/mol. The summed E-state index contributed by atoms with van der Waals surface area (Å²) in [5.41, 5.74) is 2.36.